The summed E-state index contributed by atoms with van der Waals surface area (Å²) in [5, 5.41) is 0. The van der Waals surface area contributed by atoms with E-state index in [0.29, 0.717) is 0 Å². The summed E-state index contributed by atoms with van der Waals surface area (Å²) in [7, 11) is 0. The van der Waals surface area contributed by atoms with Gasteiger partial charge in [0.15, 0.2) is 0 Å². The van der Waals surface area contributed by atoms with Gasteiger partial charge < -0.3 is 4.57 Å². The standard InChI is InChI=1S/C13H13N/c1-12(14-9-5-6-10-14)11-13-7-3-2-4-8-13/h2-11H,1H3/b12-11-. The van der Waals surface area contributed by atoms with Crippen molar-refractivity contribution in [2.45, 2.75) is 6.92 Å². The molecular weight excluding hydrogens is 170 g/mol. The van der Waals surface area contributed by atoms with Crippen molar-refractivity contribution in [3.05, 3.63) is 60.4 Å². The monoisotopic (exact) mass is 183 g/mol. The summed E-state index contributed by atoms with van der Waals surface area (Å²) in [5.41, 5.74) is 2.46. The molecule has 14 heavy (non-hydrogen) atoms. The van der Waals surface area contributed by atoms with Crippen LogP contribution in [0, 0.1) is 0 Å². The van der Waals surface area contributed by atoms with Crippen LogP contribution in [0.3, 0.4) is 0 Å². The maximum Gasteiger partial charge on any atom is 0.0195 e. The zero-order valence-corrected chi connectivity index (χ0v) is 8.22. The third-order valence-corrected chi connectivity index (χ3v) is 2.19. The molecule has 1 nitrogen and oxygen atoms in total. The summed E-state index contributed by atoms with van der Waals surface area (Å²) in [4.78, 5) is 0. The van der Waals surface area contributed by atoms with Gasteiger partial charge in [-0.1, -0.05) is 30.3 Å². The topological polar surface area (TPSA) is 4.93 Å². The van der Waals surface area contributed by atoms with Crippen molar-refractivity contribution >= 4 is 11.8 Å². The highest BCUT2D eigenvalue weighted by molar-refractivity contribution is 5.69. The predicted octanol–water partition coefficient (Wildman–Crippen LogP) is 3.51. The highest BCUT2D eigenvalue weighted by Crippen LogP contribution is 2.10. The fraction of sp³-hybridized carbons (Fsp3) is 0.0769. The minimum Gasteiger partial charge on any atom is -0.328 e. The van der Waals surface area contributed by atoms with Gasteiger partial charge in [0.25, 0.3) is 0 Å². The summed E-state index contributed by atoms with van der Waals surface area (Å²) in [5.74, 6) is 0. The number of hydrogen-bond acceptors (Lipinski definition) is 0. The van der Waals surface area contributed by atoms with Crippen LogP contribution in [0.4, 0.5) is 0 Å². The van der Waals surface area contributed by atoms with Crippen molar-refractivity contribution in [1.82, 2.24) is 4.57 Å². The van der Waals surface area contributed by atoms with Gasteiger partial charge in [-0.05, 0) is 30.7 Å². The number of nitrogens with zero attached hydrogens (tertiary/aromatic N) is 1. The van der Waals surface area contributed by atoms with E-state index in [1.807, 2.05) is 18.2 Å². The second-order valence-corrected chi connectivity index (χ2v) is 3.29. The minimum atomic E-state index is 1.22. The predicted molar refractivity (Wildman–Crippen MR) is 60.7 cm³/mol. The smallest absolute Gasteiger partial charge is 0.0195 e. The molecule has 70 valence electrons. The van der Waals surface area contributed by atoms with E-state index in [1.165, 1.54) is 11.3 Å². The van der Waals surface area contributed by atoms with Gasteiger partial charge in [-0.15, -0.1) is 0 Å². The molecule has 2 rings (SSSR count). The molecule has 0 spiro atoms. The van der Waals surface area contributed by atoms with Crippen LogP contribution in [-0.4, -0.2) is 4.57 Å². The Hall–Kier alpha value is -1.76. The lowest BCUT2D eigenvalue weighted by molar-refractivity contribution is 1.11. The zero-order valence-electron chi connectivity index (χ0n) is 8.22. The van der Waals surface area contributed by atoms with E-state index in [9.17, 15) is 0 Å². The quantitative estimate of drug-likeness (QED) is 0.671. The molecule has 0 radical (unpaired) electrons. The Morgan fingerprint density at radius 2 is 1.64 bits per heavy atom. The first-order chi connectivity index (χ1) is 6.86. The molecule has 0 atom stereocenters. The Bertz CT molecular complexity index is 410. The van der Waals surface area contributed by atoms with Gasteiger partial charge in [0.1, 0.15) is 0 Å². The second-order valence-electron chi connectivity index (χ2n) is 3.29. The lowest BCUT2D eigenvalue weighted by atomic mass is 10.2. The van der Waals surface area contributed by atoms with Gasteiger partial charge in [0, 0.05) is 18.1 Å². The van der Waals surface area contributed by atoms with Crippen LogP contribution in [0.25, 0.3) is 11.8 Å². The number of hydrogen-bond donors (Lipinski definition) is 0. The lowest BCUT2D eigenvalue weighted by Gasteiger charge is -2.02. The number of aromatic nitrogens is 1. The average Bonchev–Trinajstić information content (AvgIpc) is 2.72. The first kappa shape index (κ1) is 8.82. The van der Waals surface area contributed by atoms with Gasteiger partial charge in [-0.3, -0.25) is 0 Å². The fourth-order valence-corrected chi connectivity index (χ4v) is 1.43. The summed E-state index contributed by atoms with van der Waals surface area (Å²) in [6.07, 6.45) is 6.27. The zero-order chi connectivity index (χ0) is 9.80. The third-order valence-electron chi connectivity index (χ3n) is 2.19. The molecule has 1 heteroatoms. The molecular formula is C13H13N. The lowest BCUT2D eigenvalue weighted by Crippen LogP contribution is -1.87. The van der Waals surface area contributed by atoms with E-state index >= 15 is 0 Å². The largest absolute Gasteiger partial charge is 0.328 e. The average molecular weight is 183 g/mol. The van der Waals surface area contributed by atoms with Crippen molar-refractivity contribution in [3.8, 4) is 0 Å². The molecule has 0 bridgehead atoms. The van der Waals surface area contributed by atoms with Crippen LogP contribution in [0.5, 0.6) is 0 Å². The molecule has 1 aromatic carbocycles. The Balaban J connectivity index is 2.28. The van der Waals surface area contributed by atoms with E-state index in [2.05, 4.69) is 54.2 Å². The van der Waals surface area contributed by atoms with E-state index in [1.54, 1.807) is 0 Å². The normalized spacial score (nSPS) is 11.6. The first-order valence-electron chi connectivity index (χ1n) is 4.73. The molecule has 0 aliphatic heterocycles. The molecule has 0 N–H and O–H groups in total. The van der Waals surface area contributed by atoms with Crippen LogP contribution in [0.2, 0.25) is 0 Å². The first-order valence-corrected chi connectivity index (χ1v) is 4.73. The number of allylic oxidation sites excluding steroid dienone is 1. The Morgan fingerprint density at radius 3 is 2.29 bits per heavy atom. The summed E-state index contributed by atoms with van der Waals surface area (Å²) in [6.45, 7) is 2.10. The SMILES string of the molecule is C/C(=C/c1ccccc1)n1cccc1. The Kier molecular flexibility index (Phi) is 2.50. The molecule has 2 aromatic rings. The Labute approximate surface area is 84.3 Å². The van der Waals surface area contributed by atoms with E-state index in [-0.39, 0.29) is 0 Å². The van der Waals surface area contributed by atoms with Crippen molar-refractivity contribution in [2.24, 2.45) is 0 Å². The minimum absolute atomic E-state index is 1.22. The Morgan fingerprint density at radius 1 is 1.00 bits per heavy atom. The molecule has 0 fully saturated rings. The van der Waals surface area contributed by atoms with Gasteiger partial charge in [0.2, 0.25) is 0 Å². The van der Waals surface area contributed by atoms with Crippen LogP contribution in [0.15, 0.2) is 54.9 Å². The van der Waals surface area contributed by atoms with Crippen molar-refractivity contribution in [2.75, 3.05) is 0 Å². The molecule has 1 heterocycles. The molecule has 1 aromatic heterocycles. The summed E-state index contributed by atoms with van der Waals surface area (Å²) < 4.78 is 2.10. The third kappa shape index (κ3) is 1.94. The molecule has 0 saturated heterocycles. The summed E-state index contributed by atoms with van der Waals surface area (Å²) in [6, 6.07) is 14.4. The maximum absolute atomic E-state index is 2.17. The van der Waals surface area contributed by atoms with Crippen LogP contribution >= 0.6 is 0 Å². The van der Waals surface area contributed by atoms with E-state index < -0.39 is 0 Å². The highest BCUT2D eigenvalue weighted by atomic mass is 14.9. The van der Waals surface area contributed by atoms with Crippen molar-refractivity contribution < 1.29 is 0 Å². The molecule has 0 aliphatic carbocycles. The second kappa shape index (κ2) is 3.97. The van der Waals surface area contributed by atoms with Crippen molar-refractivity contribution in [3.63, 3.8) is 0 Å². The molecule has 0 unspecified atom stereocenters. The number of benzene rings is 1. The van der Waals surface area contributed by atoms with E-state index in [0.717, 1.165) is 0 Å². The summed E-state index contributed by atoms with van der Waals surface area (Å²) >= 11 is 0. The van der Waals surface area contributed by atoms with Gasteiger partial charge in [-0.25, -0.2) is 0 Å². The molecule has 0 saturated carbocycles. The van der Waals surface area contributed by atoms with Crippen LogP contribution < -0.4 is 0 Å². The van der Waals surface area contributed by atoms with Crippen LogP contribution in [-0.2, 0) is 0 Å². The number of rotatable bonds is 2. The molecule has 0 amide bonds. The molecule has 0 aliphatic rings. The van der Waals surface area contributed by atoms with Gasteiger partial charge in [-0.2, -0.15) is 0 Å². The maximum atomic E-state index is 2.17. The van der Waals surface area contributed by atoms with Gasteiger partial charge in [0.05, 0.1) is 0 Å². The highest BCUT2D eigenvalue weighted by Gasteiger charge is 1.91. The van der Waals surface area contributed by atoms with E-state index in [4.69, 9.17) is 0 Å². The fourth-order valence-electron chi connectivity index (χ4n) is 1.43. The van der Waals surface area contributed by atoms with Crippen molar-refractivity contribution in [1.29, 1.82) is 0 Å². The van der Waals surface area contributed by atoms with Crippen LogP contribution in [0.1, 0.15) is 12.5 Å². The van der Waals surface area contributed by atoms with Gasteiger partial charge >= 0.3 is 0 Å².